The summed E-state index contributed by atoms with van der Waals surface area (Å²) in [5.74, 6) is -0.538. The lowest BCUT2D eigenvalue weighted by Crippen LogP contribution is -2.43. The van der Waals surface area contributed by atoms with Gasteiger partial charge in [-0.05, 0) is 48.8 Å². The Morgan fingerprint density at radius 3 is 2.53 bits per heavy atom. The second-order valence-electron chi connectivity index (χ2n) is 7.22. The van der Waals surface area contributed by atoms with Crippen molar-refractivity contribution in [2.24, 2.45) is 0 Å². The number of ether oxygens (including phenoxy) is 2. The molecule has 0 N–H and O–H groups in total. The van der Waals surface area contributed by atoms with Gasteiger partial charge < -0.3 is 9.47 Å². The summed E-state index contributed by atoms with van der Waals surface area (Å²) in [6, 6.07) is 13.3. The van der Waals surface area contributed by atoms with E-state index in [1.807, 2.05) is 13.0 Å². The Morgan fingerprint density at radius 1 is 1.12 bits per heavy atom. The Morgan fingerprint density at radius 2 is 1.88 bits per heavy atom. The van der Waals surface area contributed by atoms with Crippen LogP contribution in [0.2, 0.25) is 0 Å². The number of nitriles is 1. The van der Waals surface area contributed by atoms with Crippen LogP contribution >= 0.6 is 0 Å². The van der Waals surface area contributed by atoms with E-state index in [0.29, 0.717) is 34.6 Å². The lowest BCUT2D eigenvalue weighted by atomic mass is 9.93. The summed E-state index contributed by atoms with van der Waals surface area (Å²) in [5, 5.41) is 9.42. The topological polar surface area (TPSA) is 79.6 Å². The molecular formula is C25H23FN2O4. The molecule has 0 unspecified atom stereocenters. The quantitative estimate of drug-likeness (QED) is 0.476. The highest BCUT2D eigenvalue weighted by atomic mass is 19.1. The van der Waals surface area contributed by atoms with Crippen molar-refractivity contribution in [2.45, 2.75) is 26.9 Å². The third-order valence-corrected chi connectivity index (χ3v) is 5.11. The zero-order valence-electron chi connectivity index (χ0n) is 18.1. The van der Waals surface area contributed by atoms with Crippen molar-refractivity contribution in [3.05, 3.63) is 76.1 Å². The van der Waals surface area contributed by atoms with Gasteiger partial charge in [-0.3, -0.25) is 14.5 Å². The number of hydrogen-bond acceptors (Lipinski definition) is 5. The Hall–Kier alpha value is -3.92. The van der Waals surface area contributed by atoms with Crippen LogP contribution in [0.15, 0.2) is 59.2 Å². The van der Waals surface area contributed by atoms with Crippen LogP contribution in [-0.2, 0) is 16.2 Å². The summed E-state index contributed by atoms with van der Waals surface area (Å²) in [6.07, 6.45) is 2.21. The lowest BCUT2D eigenvalue weighted by Gasteiger charge is -2.27. The molecule has 6 nitrogen and oxygen atoms in total. The highest BCUT2D eigenvalue weighted by Gasteiger charge is 2.34. The third kappa shape index (κ3) is 4.54. The number of amides is 2. The van der Waals surface area contributed by atoms with Gasteiger partial charge in [0.15, 0.2) is 11.5 Å². The van der Waals surface area contributed by atoms with Gasteiger partial charge in [0.25, 0.3) is 11.8 Å². The molecule has 0 saturated carbocycles. The number of nitrogens with zero attached hydrogens (tertiary/aromatic N) is 2. The molecule has 0 fully saturated rings. The van der Waals surface area contributed by atoms with Crippen LogP contribution in [-0.4, -0.2) is 30.4 Å². The van der Waals surface area contributed by atoms with Gasteiger partial charge in [0.2, 0.25) is 0 Å². The zero-order valence-corrected chi connectivity index (χ0v) is 18.1. The van der Waals surface area contributed by atoms with Crippen molar-refractivity contribution >= 4 is 17.9 Å². The molecule has 3 rings (SSSR count). The van der Waals surface area contributed by atoms with Crippen molar-refractivity contribution in [1.29, 1.82) is 5.26 Å². The first kappa shape index (κ1) is 22.8. The van der Waals surface area contributed by atoms with E-state index in [4.69, 9.17) is 9.47 Å². The van der Waals surface area contributed by atoms with E-state index in [-0.39, 0.29) is 30.1 Å². The van der Waals surface area contributed by atoms with E-state index < -0.39 is 11.8 Å². The van der Waals surface area contributed by atoms with Gasteiger partial charge in [0.05, 0.1) is 7.11 Å². The fourth-order valence-electron chi connectivity index (χ4n) is 3.39. The van der Waals surface area contributed by atoms with Crippen LogP contribution in [0.3, 0.4) is 0 Å². The fourth-order valence-corrected chi connectivity index (χ4v) is 3.39. The summed E-state index contributed by atoms with van der Waals surface area (Å²) in [4.78, 5) is 26.5. The minimum absolute atomic E-state index is 0.0312. The molecule has 0 aliphatic carbocycles. The van der Waals surface area contributed by atoms with E-state index in [0.717, 1.165) is 4.90 Å². The molecule has 0 aromatic heterocycles. The third-order valence-electron chi connectivity index (χ3n) is 5.11. The van der Waals surface area contributed by atoms with Gasteiger partial charge in [-0.25, -0.2) is 4.39 Å². The molecule has 0 bridgehead atoms. The van der Waals surface area contributed by atoms with Crippen molar-refractivity contribution in [3.63, 3.8) is 0 Å². The SMILES string of the molecule is CCCN1C(=O)C(C#N)=C(C)/C(=C\c2ccc(OCc3ccccc3F)c(OC)c2)C1=O. The minimum atomic E-state index is -0.566. The van der Waals surface area contributed by atoms with Crippen LogP contribution in [0, 0.1) is 17.1 Å². The predicted molar refractivity (Wildman–Crippen MR) is 117 cm³/mol. The molecule has 164 valence electrons. The second kappa shape index (κ2) is 9.92. The van der Waals surface area contributed by atoms with Gasteiger partial charge in [-0.1, -0.05) is 31.2 Å². The number of imide groups is 1. The molecule has 1 aliphatic heterocycles. The largest absolute Gasteiger partial charge is 0.493 e. The lowest BCUT2D eigenvalue weighted by molar-refractivity contribution is -0.140. The Labute approximate surface area is 186 Å². The van der Waals surface area contributed by atoms with Crippen LogP contribution in [0.1, 0.15) is 31.4 Å². The standard InChI is InChI=1S/C25H23FN2O4/c1-4-11-28-24(29)19(16(2)20(14-27)25(28)30)12-17-9-10-22(23(13-17)31-3)32-15-18-7-5-6-8-21(18)26/h5-10,12-13H,4,11,15H2,1-3H3/b19-12+. The summed E-state index contributed by atoms with van der Waals surface area (Å²) in [5.41, 5.74) is 1.62. The van der Waals surface area contributed by atoms with Crippen molar-refractivity contribution in [1.82, 2.24) is 4.90 Å². The maximum atomic E-state index is 13.8. The second-order valence-corrected chi connectivity index (χ2v) is 7.22. The van der Waals surface area contributed by atoms with Crippen LogP contribution < -0.4 is 9.47 Å². The number of halogens is 1. The highest BCUT2D eigenvalue weighted by Crippen LogP contribution is 2.32. The first-order valence-electron chi connectivity index (χ1n) is 10.1. The molecule has 7 heteroatoms. The van der Waals surface area contributed by atoms with E-state index in [1.54, 1.807) is 49.4 Å². The van der Waals surface area contributed by atoms with Crippen molar-refractivity contribution in [2.75, 3.05) is 13.7 Å². The van der Waals surface area contributed by atoms with Crippen LogP contribution in [0.5, 0.6) is 11.5 Å². The van der Waals surface area contributed by atoms with E-state index in [1.165, 1.54) is 13.2 Å². The molecule has 0 spiro atoms. The molecule has 1 heterocycles. The average Bonchev–Trinajstić information content (AvgIpc) is 2.79. The smallest absolute Gasteiger partial charge is 0.271 e. The Bertz CT molecular complexity index is 1160. The Balaban J connectivity index is 1.93. The maximum absolute atomic E-state index is 13.8. The van der Waals surface area contributed by atoms with E-state index in [9.17, 15) is 19.2 Å². The molecule has 0 saturated heterocycles. The molecule has 1 aliphatic rings. The first-order valence-corrected chi connectivity index (χ1v) is 10.1. The number of rotatable bonds is 7. The van der Waals surface area contributed by atoms with Gasteiger partial charge in [-0.15, -0.1) is 0 Å². The van der Waals surface area contributed by atoms with Gasteiger partial charge in [-0.2, -0.15) is 5.26 Å². The van der Waals surface area contributed by atoms with E-state index >= 15 is 0 Å². The maximum Gasteiger partial charge on any atom is 0.271 e. The Kier molecular flexibility index (Phi) is 7.06. The number of hydrogen-bond donors (Lipinski definition) is 0. The highest BCUT2D eigenvalue weighted by molar-refractivity contribution is 6.19. The average molecular weight is 434 g/mol. The molecule has 0 atom stereocenters. The summed E-state index contributed by atoms with van der Waals surface area (Å²) >= 11 is 0. The normalized spacial score (nSPS) is 15.2. The molecule has 2 aromatic rings. The fraction of sp³-hybridized carbons (Fsp3) is 0.240. The van der Waals surface area contributed by atoms with Crippen LogP contribution in [0.4, 0.5) is 4.39 Å². The van der Waals surface area contributed by atoms with Gasteiger partial charge in [0, 0.05) is 17.7 Å². The summed E-state index contributed by atoms with van der Waals surface area (Å²) in [6.45, 7) is 3.71. The molecule has 0 radical (unpaired) electrons. The van der Waals surface area contributed by atoms with Crippen LogP contribution in [0.25, 0.3) is 6.08 Å². The zero-order chi connectivity index (χ0) is 23.3. The number of methoxy groups -OCH3 is 1. The summed E-state index contributed by atoms with van der Waals surface area (Å²) < 4.78 is 25.0. The molecule has 2 amide bonds. The molecular weight excluding hydrogens is 411 g/mol. The van der Waals surface area contributed by atoms with Crippen molar-refractivity contribution in [3.8, 4) is 17.6 Å². The number of carbonyl (C=O) groups excluding carboxylic acids is 2. The van der Waals surface area contributed by atoms with Gasteiger partial charge in [0.1, 0.15) is 24.1 Å². The van der Waals surface area contributed by atoms with Crippen molar-refractivity contribution < 1.29 is 23.5 Å². The molecule has 2 aromatic carbocycles. The summed E-state index contributed by atoms with van der Waals surface area (Å²) in [7, 11) is 1.48. The molecule has 32 heavy (non-hydrogen) atoms. The first-order chi connectivity index (χ1) is 15.4. The number of benzene rings is 2. The minimum Gasteiger partial charge on any atom is -0.493 e. The van der Waals surface area contributed by atoms with Gasteiger partial charge >= 0.3 is 0 Å². The predicted octanol–water partition coefficient (Wildman–Crippen LogP) is 4.42. The number of carbonyl (C=O) groups is 2. The van der Waals surface area contributed by atoms with E-state index in [2.05, 4.69) is 0 Å². The monoisotopic (exact) mass is 434 g/mol.